The lowest BCUT2D eigenvalue weighted by Crippen LogP contribution is -2.41. The monoisotopic (exact) mass is 255 g/mol. The Labute approximate surface area is 107 Å². The Kier molecular flexibility index (Phi) is 4.93. The van der Waals surface area contributed by atoms with Crippen molar-refractivity contribution < 1.29 is 4.79 Å². The molecule has 1 unspecified atom stereocenters. The van der Waals surface area contributed by atoms with Gasteiger partial charge in [-0.05, 0) is 34.6 Å². The number of amides is 1. The number of hydrogen-bond donors (Lipinski definition) is 1. The number of rotatable bonds is 5. The molecule has 0 radical (unpaired) electrons. The second-order valence-corrected chi connectivity index (χ2v) is 5.24. The molecule has 0 saturated carbocycles. The maximum Gasteiger partial charge on any atom is 0.244 e. The van der Waals surface area contributed by atoms with Gasteiger partial charge in [0.1, 0.15) is 6.04 Å². The Hall–Kier alpha value is -1.10. The molecule has 0 aromatic carbocycles. The number of carbonyl (C=O) groups excluding carboxylic acids is 1. The Morgan fingerprint density at radius 3 is 2.41 bits per heavy atom. The first-order valence-electron chi connectivity index (χ1n) is 5.98. The molecule has 0 aliphatic heterocycles. The third-order valence-corrected chi connectivity index (χ3v) is 3.82. The third-order valence-electron chi connectivity index (χ3n) is 2.81. The van der Waals surface area contributed by atoms with Crippen molar-refractivity contribution in [3.05, 3.63) is 10.6 Å². The first-order chi connectivity index (χ1) is 7.99. The van der Waals surface area contributed by atoms with Gasteiger partial charge < -0.3 is 10.2 Å². The maximum absolute atomic E-state index is 12.0. The first kappa shape index (κ1) is 14.0. The van der Waals surface area contributed by atoms with Crippen molar-refractivity contribution in [3.63, 3.8) is 0 Å². The van der Waals surface area contributed by atoms with Crippen molar-refractivity contribution in [2.24, 2.45) is 0 Å². The second-order valence-electron chi connectivity index (χ2n) is 4.04. The van der Waals surface area contributed by atoms with Crippen LogP contribution in [0.5, 0.6) is 0 Å². The van der Waals surface area contributed by atoms with Gasteiger partial charge in [-0.3, -0.25) is 4.79 Å². The fourth-order valence-electron chi connectivity index (χ4n) is 1.59. The molecule has 96 valence electrons. The predicted octanol–water partition coefficient (Wildman–Crippen LogP) is 2.43. The minimum atomic E-state index is -0.222. The Morgan fingerprint density at radius 2 is 2.00 bits per heavy atom. The lowest BCUT2D eigenvalue weighted by atomic mass is 10.3. The molecule has 5 heteroatoms. The number of aromatic nitrogens is 1. The van der Waals surface area contributed by atoms with Crippen LogP contribution in [0.15, 0.2) is 0 Å². The van der Waals surface area contributed by atoms with Crippen LogP contribution in [0.4, 0.5) is 5.13 Å². The van der Waals surface area contributed by atoms with Gasteiger partial charge in [-0.25, -0.2) is 4.98 Å². The number of anilines is 1. The third kappa shape index (κ3) is 3.43. The van der Waals surface area contributed by atoms with Crippen LogP contribution in [0.1, 0.15) is 31.3 Å². The topological polar surface area (TPSA) is 45.2 Å². The van der Waals surface area contributed by atoms with Crippen LogP contribution in [-0.2, 0) is 4.79 Å². The molecule has 1 aromatic heterocycles. The zero-order valence-corrected chi connectivity index (χ0v) is 12.0. The van der Waals surface area contributed by atoms with Gasteiger partial charge in [0.05, 0.1) is 5.69 Å². The summed E-state index contributed by atoms with van der Waals surface area (Å²) in [5.74, 6) is 0.125. The first-order valence-corrected chi connectivity index (χ1v) is 6.80. The van der Waals surface area contributed by atoms with Crippen LogP contribution in [0.25, 0.3) is 0 Å². The molecule has 1 atom stereocenters. The van der Waals surface area contributed by atoms with Gasteiger partial charge in [-0.2, -0.15) is 0 Å². The van der Waals surface area contributed by atoms with Gasteiger partial charge >= 0.3 is 0 Å². The van der Waals surface area contributed by atoms with E-state index in [1.165, 1.54) is 4.88 Å². The summed E-state index contributed by atoms with van der Waals surface area (Å²) in [4.78, 5) is 19.4. The highest BCUT2D eigenvalue weighted by Crippen LogP contribution is 2.21. The summed E-state index contributed by atoms with van der Waals surface area (Å²) in [5, 5.41) is 4.00. The minimum absolute atomic E-state index is 0.125. The van der Waals surface area contributed by atoms with Gasteiger partial charge in [-0.1, -0.05) is 0 Å². The molecule has 0 bridgehead atoms. The summed E-state index contributed by atoms with van der Waals surface area (Å²) in [6.45, 7) is 11.4. The number of hydrogen-bond acceptors (Lipinski definition) is 4. The van der Waals surface area contributed by atoms with E-state index in [0.29, 0.717) is 0 Å². The van der Waals surface area contributed by atoms with E-state index < -0.39 is 0 Å². The maximum atomic E-state index is 12.0. The van der Waals surface area contributed by atoms with Crippen LogP contribution in [0, 0.1) is 13.8 Å². The molecule has 4 nitrogen and oxygen atoms in total. The molecule has 1 N–H and O–H groups in total. The van der Waals surface area contributed by atoms with E-state index in [2.05, 4.69) is 10.3 Å². The second kappa shape index (κ2) is 6.00. The number of thiazole rings is 1. The van der Waals surface area contributed by atoms with Gasteiger partial charge in [0, 0.05) is 18.0 Å². The van der Waals surface area contributed by atoms with Gasteiger partial charge in [-0.15, -0.1) is 11.3 Å². The molecule has 0 saturated heterocycles. The molecule has 1 rings (SSSR count). The molecular weight excluding hydrogens is 234 g/mol. The van der Waals surface area contributed by atoms with E-state index in [4.69, 9.17) is 0 Å². The van der Waals surface area contributed by atoms with E-state index >= 15 is 0 Å². The zero-order valence-electron chi connectivity index (χ0n) is 11.2. The molecule has 0 aliphatic rings. The largest absolute Gasteiger partial charge is 0.350 e. The van der Waals surface area contributed by atoms with Crippen molar-refractivity contribution in [1.29, 1.82) is 0 Å². The van der Waals surface area contributed by atoms with Crippen molar-refractivity contribution in [2.45, 2.75) is 40.7 Å². The number of likely N-dealkylation sites (N-methyl/N-ethyl adjacent to an activating group) is 1. The Bertz CT molecular complexity index is 366. The van der Waals surface area contributed by atoms with Crippen LogP contribution >= 0.6 is 11.3 Å². The van der Waals surface area contributed by atoms with Crippen LogP contribution in [0.2, 0.25) is 0 Å². The normalized spacial score (nSPS) is 12.3. The summed E-state index contributed by atoms with van der Waals surface area (Å²) < 4.78 is 0. The van der Waals surface area contributed by atoms with E-state index in [9.17, 15) is 4.79 Å². The summed E-state index contributed by atoms with van der Waals surface area (Å²) in [5.41, 5.74) is 1.03. The Balaban J connectivity index is 2.65. The van der Waals surface area contributed by atoms with E-state index in [-0.39, 0.29) is 11.9 Å². The highest BCUT2D eigenvalue weighted by atomic mass is 32.1. The van der Waals surface area contributed by atoms with Crippen molar-refractivity contribution in [1.82, 2.24) is 9.88 Å². The van der Waals surface area contributed by atoms with Crippen LogP contribution < -0.4 is 5.32 Å². The summed E-state index contributed by atoms with van der Waals surface area (Å²) in [7, 11) is 0. The van der Waals surface area contributed by atoms with Crippen molar-refractivity contribution in [2.75, 3.05) is 18.4 Å². The van der Waals surface area contributed by atoms with Gasteiger partial charge in [0.2, 0.25) is 5.91 Å². The van der Waals surface area contributed by atoms with Crippen molar-refractivity contribution in [3.8, 4) is 0 Å². The molecular formula is C12H21N3OS. The molecule has 1 heterocycles. The average Bonchev–Trinajstić information content (AvgIpc) is 2.59. The number of aryl methyl sites for hydroxylation is 2. The quantitative estimate of drug-likeness (QED) is 0.879. The molecule has 17 heavy (non-hydrogen) atoms. The number of carbonyl (C=O) groups is 1. The Morgan fingerprint density at radius 1 is 1.41 bits per heavy atom. The lowest BCUT2D eigenvalue weighted by Gasteiger charge is -2.23. The van der Waals surface area contributed by atoms with Crippen LogP contribution in [0.3, 0.4) is 0 Å². The minimum Gasteiger partial charge on any atom is -0.350 e. The summed E-state index contributed by atoms with van der Waals surface area (Å²) >= 11 is 1.59. The van der Waals surface area contributed by atoms with E-state index in [0.717, 1.165) is 23.9 Å². The fraction of sp³-hybridized carbons (Fsp3) is 0.667. The molecule has 0 fully saturated rings. The molecule has 1 aromatic rings. The smallest absolute Gasteiger partial charge is 0.244 e. The van der Waals surface area contributed by atoms with Gasteiger partial charge in [0.15, 0.2) is 5.13 Å². The van der Waals surface area contributed by atoms with Gasteiger partial charge in [0.25, 0.3) is 0 Å². The van der Waals surface area contributed by atoms with E-state index in [1.54, 1.807) is 11.3 Å². The van der Waals surface area contributed by atoms with Crippen LogP contribution in [-0.4, -0.2) is 34.9 Å². The molecule has 1 amide bonds. The van der Waals surface area contributed by atoms with E-state index in [1.807, 2.05) is 39.5 Å². The predicted molar refractivity (Wildman–Crippen MR) is 72.6 cm³/mol. The fourth-order valence-corrected chi connectivity index (χ4v) is 2.49. The standard InChI is InChI=1S/C12H21N3OS/c1-6-15(7-2)11(16)9(4)14-12-13-8(3)10(5)17-12/h9H,6-7H2,1-5H3,(H,13,14). The van der Waals surface area contributed by atoms with Crippen molar-refractivity contribution >= 4 is 22.4 Å². The summed E-state index contributed by atoms with van der Waals surface area (Å²) in [6.07, 6.45) is 0. The zero-order chi connectivity index (χ0) is 13.0. The number of nitrogens with one attached hydrogen (secondary N) is 1. The number of nitrogens with zero attached hydrogens (tertiary/aromatic N) is 2. The molecule has 0 spiro atoms. The highest BCUT2D eigenvalue weighted by Gasteiger charge is 2.19. The summed E-state index contributed by atoms with van der Waals surface area (Å²) in [6, 6.07) is -0.222. The average molecular weight is 255 g/mol. The molecule has 0 aliphatic carbocycles. The SMILES string of the molecule is CCN(CC)C(=O)C(C)Nc1nc(C)c(C)s1. The lowest BCUT2D eigenvalue weighted by molar-refractivity contribution is -0.131. The highest BCUT2D eigenvalue weighted by molar-refractivity contribution is 7.15.